The Morgan fingerprint density at radius 3 is 2.00 bits per heavy atom. The highest BCUT2D eigenvalue weighted by atomic mass is 28.3. The third-order valence-electron chi connectivity index (χ3n) is 2.19. The predicted octanol–water partition coefficient (Wildman–Crippen LogP) is 1.59. The van der Waals surface area contributed by atoms with Gasteiger partial charge in [-0.3, -0.25) is 4.79 Å². The zero-order chi connectivity index (χ0) is 8.36. The van der Waals surface area contributed by atoms with Gasteiger partial charge in [0.05, 0.1) is 8.07 Å². The van der Waals surface area contributed by atoms with Crippen LogP contribution in [0.1, 0.15) is 13.8 Å². The Hall–Kier alpha value is -0.313. The van der Waals surface area contributed by atoms with Gasteiger partial charge in [0.1, 0.15) is 0 Å². The van der Waals surface area contributed by atoms with Crippen LogP contribution in [0, 0.1) is 0 Å². The van der Waals surface area contributed by atoms with Crippen molar-refractivity contribution in [1.82, 2.24) is 0 Å². The molecule has 0 aromatic heterocycles. The quantitative estimate of drug-likeness (QED) is 0.624. The number of hydrogen-bond acceptors (Lipinski definition) is 1. The zero-order valence-corrected chi connectivity index (χ0v) is 8.27. The molecule has 0 aliphatic rings. The molecule has 60 valence electrons. The first kappa shape index (κ1) is 9.69. The Morgan fingerprint density at radius 2 is 1.90 bits per heavy atom. The Balaban J connectivity index is 3.99. The second kappa shape index (κ2) is 3.19. The molecule has 0 saturated carbocycles. The van der Waals surface area contributed by atoms with Gasteiger partial charge in [0.15, 0.2) is 0 Å². The molecule has 2 nitrogen and oxygen atoms in total. The summed E-state index contributed by atoms with van der Waals surface area (Å²) in [5, 5.41) is 0. The monoisotopic (exact) mass is 159 g/mol. The fourth-order valence-corrected chi connectivity index (χ4v) is 1.96. The van der Waals surface area contributed by atoms with Gasteiger partial charge in [-0.2, -0.15) is 0 Å². The van der Waals surface area contributed by atoms with Crippen molar-refractivity contribution in [2.75, 3.05) is 0 Å². The van der Waals surface area contributed by atoms with E-state index in [1.807, 2.05) is 0 Å². The lowest BCUT2D eigenvalue weighted by Gasteiger charge is -2.24. The third kappa shape index (κ3) is 3.01. The lowest BCUT2D eigenvalue weighted by molar-refractivity contribution is -0.116. The lowest BCUT2D eigenvalue weighted by atomic mass is 10.6. The Kier molecular flexibility index (Phi) is 3.09. The normalized spacial score (nSPS) is 12.1. The van der Waals surface area contributed by atoms with Crippen LogP contribution in [0.25, 0.3) is 0 Å². The minimum atomic E-state index is -1.32. The van der Waals surface area contributed by atoms with Crippen LogP contribution in [0.4, 0.5) is 0 Å². The van der Waals surface area contributed by atoms with Crippen LogP contribution in [-0.2, 0) is 4.79 Å². The number of carbonyl (C=O) groups excluding carboxylic acids is 1. The topological polar surface area (TPSA) is 43.1 Å². The summed E-state index contributed by atoms with van der Waals surface area (Å²) in [6.07, 6.45) is 0. The molecule has 0 spiro atoms. The molecule has 0 bridgehead atoms. The number of hydrogen-bond donors (Lipinski definition) is 1. The summed E-state index contributed by atoms with van der Waals surface area (Å²) in [7, 11) is -1.32. The molecule has 2 N–H and O–H groups in total. The van der Waals surface area contributed by atoms with Crippen molar-refractivity contribution >= 4 is 14.0 Å². The molecule has 1 amide bonds. The number of carbonyl (C=O) groups is 1. The van der Waals surface area contributed by atoms with Crippen LogP contribution in [0.15, 0.2) is 0 Å². The van der Waals surface area contributed by atoms with E-state index in [0.717, 1.165) is 0 Å². The van der Waals surface area contributed by atoms with Gasteiger partial charge in [0.25, 0.3) is 0 Å². The molecular formula is C7H17NOSi. The van der Waals surface area contributed by atoms with Gasteiger partial charge in [-0.25, -0.2) is 0 Å². The number of amides is 1. The molecule has 0 saturated heterocycles. The van der Waals surface area contributed by atoms with Crippen molar-refractivity contribution in [1.29, 1.82) is 0 Å². The summed E-state index contributed by atoms with van der Waals surface area (Å²) >= 11 is 0. The fourth-order valence-electron chi connectivity index (χ4n) is 0.653. The highest BCUT2D eigenvalue weighted by Gasteiger charge is 2.26. The maximum atomic E-state index is 10.6. The summed E-state index contributed by atoms with van der Waals surface area (Å²) in [5.74, 6) is -0.148. The van der Waals surface area contributed by atoms with Gasteiger partial charge < -0.3 is 5.73 Å². The summed E-state index contributed by atoms with van der Waals surface area (Å²) in [6, 6.07) is 0.616. The number of primary amides is 1. The standard InChI is InChI=1S/C7H17NOSi/c1-6(2)10(3,4)5-7(8)9/h6H,5H2,1-4H3,(H2,8,9). The average Bonchev–Trinajstić information content (AvgIpc) is 1.60. The van der Waals surface area contributed by atoms with Crippen molar-refractivity contribution in [3.63, 3.8) is 0 Å². The van der Waals surface area contributed by atoms with Crippen molar-refractivity contribution in [3.05, 3.63) is 0 Å². The molecule has 0 fully saturated rings. The Bertz CT molecular complexity index is 132. The summed E-state index contributed by atoms with van der Waals surface area (Å²) in [5.41, 5.74) is 5.75. The van der Waals surface area contributed by atoms with Crippen molar-refractivity contribution in [2.24, 2.45) is 5.73 Å². The van der Waals surface area contributed by atoms with E-state index in [1.54, 1.807) is 0 Å². The van der Waals surface area contributed by atoms with Crippen molar-refractivity contribution in [2.45, 2.75) is 38.5 Å². The van der Waals surface area contributed by atoms with Crippen LogP contribution < -0.4 is 5.73 Å². The largest absolute Gasteiger partial charge is 0.370 e. The SMILES string of the molecule is CC(C)[Si](C)(C)CC(N)=O. The zero-order valence-electron chi connectivity index (χ0n) is 7.27. The van der Waals surface area contributed by atoms with E-state index in [2.05, 4.69) is 26.9 Å². The van der Waals surface area contributed by atoms with Crippen LogP contribution in [0.2, 0.25) is 24.7 Å². The Labute approximate surface area is 63.8 Å². The average molecular weight is 159 g/mol. The van der Waals surface area contributed by atoms with Crippen LogP contribution in [0.3, 0.4) is 0 Å². The van der Waals surface area contributed by atoms with Gasteiger partial charge in [-0.05, 0) is 0 Å². The van der Waals surface area contributed by atoms with Gasteiger partial charge in [-0.15, -0.1) is 0 Å². The summed E-state index contributed by atoms with van der Waals surface area (Å²) in [6.45, 7) is 8.72. The molecular weight excluding hydrogens is 142 g/mol. The third-order valence-corrected chi connectivity index (χ3v) is 6.58. The molecule has 10 heavy (non-hydrogen) atoms. The van der Waals surface area contributed by atoms with Gasteiger partial charge in [-0.1, -0.05) is 32.5 Å². The van der Waals surface area contributed by atoms with E-state index in [-0.39, 0.29) is 5.91 Å². The van der Waals surface area contributed by atoms with Crippen molar-refractivity contribution in [3.8, 4) is 0 Å². The van der Waals surface area contributed by atoms with E-state index in [9.17, 15) is 4.79 Å². The minimum absolute atomic E-state index is 0.148. The van der Waals surface area contributed by atoms with Crippen LogP contribution in [0.5, 0.6) is 0 Å². The van der Waals surface area contributed by atoms with Gasteiger partial charge in [0.2, 0.25) is 5.91 Å². The van der Waals surface area contributed by atoms with E-state index in [1.165, 1.54) is 0 Å². The fraction of sp³-hybridized carbons (Fsp3) is 0.857. The minimum Gasteiger partial charge on any atom is -0.370 e. The maximum Gasteiger partial charge on any atom is 0.214 e. The first-order valence-electron chi connectivity index (χ1n) is 3.64. The van der Waals surface area contributed by atoms with E-state index in [4.69, 9.17) is 5.73 Å². The predicted molar refractivity (Wildman–Crippen MR) is 46.6 cm³/mol. The maximum absolute atomic E-state index is 10.6. The molecule has 0 unspecified atom stereocenters. The molecule has 0 aliphatic heterocycles. The molecule has 0 rings (SSSR count). The Morgan fingerprint density at radius 1 is 1.50 bits per heavy atom. The second-order valence-electron chi connectivity index (χ2n) is 3.79. The molecule has 0 atom stereocenters. The smallest absolute Gasteiger partial charge is 0.214 e. The molecule has 0 aliphatic carbocycles. The van der Waals surface area contributed by atoms with E-state index in [0.29, 0.717) is 11.6 Å². The first-order valence-corrected chi connectivity index (χ1v) is 6.93. The van der Waals surface area contributed by atoms with Crippen LogP contribution >= 0.6 is 0 Å². The van der Waals surface area contributed by atoms with Gasteiger partial charge in [0, 0.05) is 6.04 Å². The van der Waals surface area contributed by atoms with E-state index < -0.39 is 8.07 Å². The van der Waals surface area contributed by atoms with Gasteiger partial charge >= 0.3 is 0 Å². The van der Waals surface area contributed by atoms with Crippen LogP contribution in [-0.4, -0.2) is 14.0 Å². The van der Waals surface area contributed by atoms with E-state index >= 15 is 0 Å². The molecule has 3 heteroatoms. The highest BCUT2D eigenvalue weighted by Crippen LogP contribution is 2.23. The molecule has 0 heterocycles. The highest BCUT2D eigenvalue weighted by molar-refractivity contribution is 6.81. The van der Waals surface area contributed by atoms with Crippen molar-refractivity contribution < 1.29 is 4.79 Å². The lowest BCUT2D eigenvalue weighted by Crippen LogP contribution is -2.34. The molecule has 0 aromatic rings. The first-order chi connectivity index (χ1) is 4.36. The number of nitrogens with two attached hydrogens (primary N) is 1. The molecule has 0 radical (unpaired) electrons. The summed E-state index contributed by atoms with van der Waals surface area (Å²) in [4.78, 5) is 10.6. The number of rotatable bonds is 3. The second-order valence-corrected chi connectivity index (χ2v) is 9.27. The molecule has 0 aromatic carbocycles. The summed E-state index contributed by atoms with van der Waals surface area (Å²) < 4.78 is 0.